The number of benzene rings is 2. The summed E-state index contributed by atoms with van der Waals surface area (Å²) in [5, 5.41) is 3.83. The minimum Gasteiger partial charge on any atom is -0.359 e. The van der Waals surface area contributed by atoms with Crippen LogP contribution in [0.1, 0.15) is 12.5 Å². The molecule has 2 aromatic rings. The summed E-state index contributed by atoms with van der Waals surface area (Å²) in [6, 6.07) is 13.5. The molecule has 1 atom stereocenters. The van der Waals surface area contributed by atoms with E-state index in [0.717, 1.165) is 12.1 Å². The van der Waals surface area contributed by atoms with Gasteiger partial charge in [0, 0.05) is 16.8 Å². The molecule has 0 radical (unpaired) electrons. The Labute approximate surface area is 139 Å². The fraction of sp³-hybridized carbons (Fsp3) is 0.235. The van der Waals surface area contributed by atoms with Gasteiger partial charge in [0.05, 0.1) is 17.3 Å². The largest absolute Gasteiger partial charge is 0.359 e. The number of halogens is 2. The number of nitrogens with zero attached hydrogens (tertiary/aromatic N) is 1. The molecule has 0 spiro atoms. The summed E-state index contributed by atoms with van der Waals surface area (Å²) >= 11 is 11.9. The Morgan fingerprint density at radius 2 is 2.05 bits per heavy atom. The van der Waals surface area contributed by atoms with Crippen molar-refractivity contribution in [3.63, 3.8) is 0 Å². The Bertz CT molecular complexity index is 718. The quantitative estimate of drug-likeness (QED) is 0.903. The van der Waals surface area contributed by atoms with E-state index < -0.39 is 0 Å². The number of nitrogens with one attached hydrogen (secondary N) is 1. The molecule has 0 aliphatic carbocycles. The molecule has 1 amide bonds. The molecule has 1 N–H and O–H groups in total. The van der Waals surface area contributed by atoms with E-state index in [1.165, 1.54) is 5.56 Å². The van der Waals surface area contributed by atoms with Crippen LogP contribution in [0.15, 0.2) is 42.5 Å². The Morgan fingerprint density at radius 3 is 2.82 bits per heavy atom. The maximum atomic E-state index is 12.3. The fourth-order valence-corrected chi connectivity index (χ4v) is 3.26. The van der Waals surface area contributed by atoms with Gasteiger partial charge in [-0.15, -0.1) is 0 Å². The zero-order chi connectivity index (χ0) is 15.7. The van der Waals surface area contributed by atoms with Gasteiger partial charge in [0.15, 0.2) is 0 Å². The monoisotopic (exact) mass is 334 g/mol. The lowest BCUT2D eigenvalue weighted by Gasteiger charge is -2.24. The van der Waals surface area contributed by atoms with Crippen molar-refractivity contribution in [2.45, 2.75) is 19.4 Å². The molecule has 114 valence electrons. The molecule has 1 heterocycles. The van der Waals surface area contributed by atoms with Gasteiger partial charge < -0.3 is 10.2 Å². The zero-order valence-corrected chi connectivity index (χ0v) is 13.7. The summed E-state index contributed by atoms with van der Waals surface area (Å²) < 4.78 is 0. The number of rotatable bonds is 3. The van der Waals surface area contributed by atoms with E-state index in [-0.39, 0.29) is 5.91 Å². The molecule has 2 aromatic carbocycles. The topological polar surface area (TPSA) is 32.3 Å². The van der Waals surface area contributed by atoms with Gasteiger partial charge in [0.25, 0.3) is 0 Å². The van der Waals surface area contributed by atoms with Crippen LogP contribution in [0, 0.1) is 0 Å². The number of anilines is 2. The van der Waals surface area contributed by atoms with Crippen LogP contribution in [0.5, 0.6) is 0 Å². The van der Waals surface area contributed by atoms with Crippen molar-refractivity contribution in [1.82, 2.24) is 0 Å². The van der Waals surface area contributed by atoms with Crippen LogP contribution in [0.3, 0.4) is 0 Å². The first-order chi connectivity index (χ1) is 10.5. The lowest BCUT2D eigenvalue weighted by atomic mass is 10.1. The number of hydrogen-bond acceptors (Lipinski definition) is 2. The van der Waals surface area contributed by atoms with Crippen LogP contribution in [0.25, 0.3) is 0 Å². The average molecular weight is 335 g/mol. The Hall–Kier alpha value is -1.71. The van der Waals surface area contributed by atoms with Crippen LogP contribution in [0.4, 0.5) is 11.4 Å². The third kappa shape index (κ3) is 3.06. The van der Waals surface area contributed by atoms with Gasteiger partial charge in [-0.1, -0.05) is 41.4 Å². The molecule has 0 aromatic heterocycles. The first-order valence-electron chi connectivity index (χ1n) is 7.14. The maximum absolute atomic E-state index is 12.3. The minimum atomic E-state index is -0.0900. The predicted octanol–water partition coefficient (Wildman–Crippen LogP) is 4.38. The van der Waals surface area contributed by atoms with Crippen LogP contribution in [-0.4, -0.2) is 18.5 Å². The van der Waals surface area contributed by atoms with Gasteiger partial charge in [-0.25, -0.2) is 0 Å². The summed E-state index contributed by atoms with van der Waals surface area (Å²) in [7, 11) is 0. The molecule has 1 unspecified atom stereocenters. The van der Waals surface area contributed by atoms with Crippen LogP contribution in [-0.2, 0) is 11.2 Å². The average Bonchev–Trinajstić information content (AvgIpc) is 2.78. The van der Waals surface area contributed by atoms with Crippen LogP contribution < -0.4 is 10.2 Å². The molecular weight excluding hydrogens is 319 g/mol. The lowest BCUT2D eigenvalue weighted by molar-refractivity contribution is -0.115. The van der Waals surface area contributed by atoms with Crippen LogP contribution in [0.2, 0.25) is 10.0 Å². The third-order valence-corrected chi connectivity index (χ3v) is 4.42. The molecule has 22 heavy (non-hydrogen) atoms. The number of hydrogen-bond donors (Lipinski definition) is 1. The summed E-state index contributed by atoms with van der Waals surface area (Å²) in [5.74, 6) is -0.0900. The van der Waals surface area contributed by atoms with E-state index in [1.807, 2.05) is 12.1 Å². The summed E-state index contributed by atoms with van der Waals surface area (Å²) in [6.45, 7) is 2.43. The highest BCUT2D eigenvalue weighted by atomic mass is 35.5. The first-order valence-corrected chi connectivity index (χ1v) is 7.89. The second-order valence-electron chi connectivity index (χ2n) is 5.48. The van der Waals surface area contributed by atoms with Crippen molar-refractivity contribution in [1.29, 1.82) is 0 Å². The molecule has 3 nitrogen and oxygen atoms in total. The van der Waals surface area contributed by atoms with Gasteiger partial charge >= 0.3 is 0 Å². The molecule has 3 rings (SSSR count). The SMILES string of the molecule is CC1Cc2ccccc2N1CC(=O)Nc1ccc(Cl)cc1Cl. The van der Waals surface area contributed by atoms with Crippen LogP contribution >= 0.6 is 23.2 Å². The zero-order valence-electron chi connectivity index (χ0n) is 12.1. The highest BCUT2D eigenvalue weighted by molar-refractivity contribution is 6.36. The van der Waals surface area contributed by atoms with Crippen molar-refractivity contribution in [2.75, 3.05) is 16.8 Å². The smallest absolute Gasteiger partial charge is 0.243 e. The summed E-state index contributed by atoms with van der Waals surface area (Å²) in [5.41, 5.74) is 3.00. The Balaban J connectivity index is 1.72. The number of amides is 1. The number of carbonyl (C=O) groups is 1. The minimum absolute atomic E-state index is 0.0900. The fourth-order valence-electron chi connectivity index (χ4n) is 2.81. The van der Waals surface area contributed by atoms with Crippen molar-refractivity contribution in [2.24, 2.45) is 0 Å². The molecule has 0 saturated carbocycles. The van der Waals surface area contributed by atoms with Crippen molar-refractivity contribution in [3.8, 4) is 0 Å². The first kappa shape index (κ1) is 15.2. The number of carbonyl (C=O) groups excluding carboxylic acids is 1. The van der Waals surface area contributed by atoms with Crippen molar-refractivity contribution >= 4 is 40.5 Å². The third-order valence-electron chi connectivity index (χ3n) is 3.87. The Kier molecular flexibility index (Phi) is 4.27. The van der Waals surface area contributed by atoms with E-state index in [9.17, 15) is 4.79 Å². The highest BCUT2D eigenvalue weighted by Gasteiger charge is 2.27. The predicted molar refractivity (Wildman–Crippen MR) is 92.0 cm³/mol. The second kappa shape index (κ2) is 6.19. The molecule has 1 aliphatic rings. The highest BCUT2D eigenvalue weighted by Crippen LogP contribution is 2.31. The van der Waals surface area contributed by atoms with Gasteiger partial charge in [-0.3, -0.25) is 4.79 Å². The van der Waals surface area contributed by atoms with Gasteiger partial charge in [-0.05, 0) is 43.2 Å². The van der Waals surface area contributed by atoms with E-state index in [0.29, 0.717) is 28.3 Å². The van der Waals surface area contributed by atoms with Crippen molar-refractivity contribution in [3.05, 3.63) is 58.1 Å². The molecule has 0 fully saturated rings. The van der Waals surface area contributed by atoms with Gasteiger partial charge in [0.2, 0.25) is 5.91 Å². The van der Waals surface area contributed by atoms with E-state index >= 15 is 0 Å². The Morgan fingerprint density at radius 1 is 1.27 bits per heavy atom. The van der Waals surface area contributed by atoms with Gasteiger partial charge in [-0.2, -0.15) is 0 Å². The number of fused-ring (bicyclic) bond motifs is 1. The lowest BCUT2D eigenvalue weighted by Crippen LogP contribution is -2.37. The summed E-state index contributed by atoms with van der Waals surface area (Å²) in [4.78, 5) is 14.4. The van der Waals surface area contributed by atoms with E-state index in [4.69, 9.17) is 23.2 Å². The molecule has 1 aliphatic heterocycles. The summed E-state index contributed by atoms with van der Waals surface area (Å²) in [6.07, 6.45) is 0.963. The molecule has 0 bridgehead atoms. The van der Waals surface area contributed by atoms with Gasteiger partial charge in [0.1, 0.15) is 0 Å². The standard InChI is InChI=1S/C17H16Cl2N2O/c1-11-8-12-4-2-3-5-16(12)21(11)10-17(22)20-15-7-6-13(18)9-14(15)19/h2-7,9,11H,8,10H2,1H3,(H,20,22). The molecular formula is C17H16Cl2N2O. The normalized spacial score (nSPS) is 16.5. The maximum Gasteiger partial charge on any atom is 0.243 e. The van der Waals surface area contributed by atoms with Crippen molar-refractivity contribution < 1.29 is 4.79 Å². The number of para-hydroxylation sites is 1. The molecule has 0 saturated heterocycles. The molecule has 5 heteroatoms. The second-order valence-corrected chi connectivity index (χ2v) is 6.33. The van der Waals surface area contributed by atoms with E-state index in [1.54, 1.807) is 18.2 Å². The van der Waals surface area contributed by atoms with E-state index in [2.05, 4.69) is 29.3 Å².